The Morgan fingerprint density at radius 2 is 2.19 bits per heavy atom. The number of hydrogen-bond donors (Lipinski definition) is 2. The van der Waals surface area contributed by atoms with Crippen molar-refractivity contribution in [3.63, 3.8) is 0 Å². The van der Waals surface area contributed by atoms with Crippen LogP contribution in [0.15, 0.2) is 33.8 Å². The van der Waals surface area contributed by atoms with E-state index in [2.05, 4.69) is 25.6 Å². The molecule has 1 aromatic heterocycles. The number of nitrogens with zero attached hydrogens (tertiary/aromatic N) is 1. The lowest BCUT2D eigenvalue weighted by molar-refractivity contribution is 0.281. The second-order valence-corrected chi connectivity index (χ2v) is 8.11. The van der Waals surface area contributed by atoms with Gasteiger partial charge in [-0.2, -0.15) is 0 Å². The highest BCUT2D eigenvalue weighted by Crippen LogP contribution is 2.23. The molecule has 0 amide bonds. The molecule has 1 aromatic carbocycles. The van der Waals surface area contributed by atoms with Crippen molar-refractivity contribution in [2.75, 3.05) is 0 Å². The molecule has 0 atom stereocenters. The van der Waals surface area contributed by atoms with Crippen LogP contribution in [-0.2, 0) is 29.6 Å². The number of sulfonamides is 1. The van der Waals surface area contributed by atoms with Crippen LogP contribution < -0.4 is 4.72 Å². The second kappa shape index (κ2) is 6.97. The molecule has 0 aliphatic rings. The van der Waals surface area contributed by atoms with Gasteiger partial charge in [0.15, 0.2) is 0 Å². The fourth-order valence-corrected chi connectivity index (χ4v) is 4.69. The van der Waals surface area contributed by atoms with E-state index in [1.807, 2.05) is 6.92 Å². The molecule has 0 fully saturated rings. The van der Waals surface area contributed by atoms with E-state index in [4.69, 9.17) is 5.11 Å². The molecule has 5 nitrogen and oxygen atoms in total. The van der Waals surface area contributed by atoms with Crippen LogP contribution in [-0.4, -0.2) is 18.5 Å². The van der Waals surface area contributed by atoms with Crippen molar-refractivity contribution in [1.82, 2.24) is 9.71 Å². The van der Waals surface area contributed by atoms with Crippen molar-refractivity contribution in [2.24, 2.45) is 0 Å². The Kier molecular flexibility index (Phi) is 5.50. The Morgan fingerprint density at radius 3 is 2.76 bits per heavy atom. The number of halogens is 1. The minimum atomic E-state index is -3.62. The Morgan fingerprint density at radius 1 is 1.43 bits per heavy atom. The third-order valence-corrected chi connectivity index (χ3v) is 6.35. The normalized spacial score (nSPS) is 11.8. The third-order valence-electron chi connectivity index (χ3n) is 2.83. The maximum Gasteiger partial charge on any atom is 0.242 e. The molecule has 2 N–H and O–H groups in total. The largest absolute Gasteiger partial charge is 0.392 e. The number of aryl methyl sites for hydroxylation is 1. The van der Waals surface area contributed by atoms with Gasteiger partial charge in [0.1, 0.15) is 5.01 Å². The zero-order valence-electron chi connectivity index (χ0n) is 11.3. The minimum absolute atomic E-state index is 0.134. The van der Waals surface area contributed by atoms with Gasteiger partial charge in [-0.1, -0.05) is 13.0 Å². The van der Waals surface area contributed by atoms with Gasteiger partial charge in [-0.25, -0.2) is 18.1 Å². The summed E-state index contributed by atoms with van der Waals surface area (Å²) in [4.78, 5) is 5.45. The molecule has 8 heteroatoms. The predicted molar refractivity (Wildman–Crippen MR) is 85.6 cm³/mol. The molecule has 2 aromatic rings. The molecule has 0 saturated carbocycles. The van der Waals surface area contributed by atoms with Crippen LogP contribution >= 0.6 is 27.3 Å². The molecule has 0 bridgehead atoms. The zero-order chi connectivity index (χ0) is 15.5. The average Bonchev–Trinajstić information content (AvgIpc) is 2.93. The van der Waals surface area contributed by atoms with Gasteiger partial charge in [0.25, 0.3) is 0 Å². The van der Waals surface area contributed by atoms with Crippen molar-refractivity contribution in [1.29, 1.82) is 0 Å². The highest BCUT2D eigenvalue weighted by Gasteiger charge is 2.18. The van der Waals surface area contributed by atoms with Crippen LogP contribution in [0.1, 0.15) is 22.4 Å². The number of benzene rings is 1. The lowest BCUT2D eigenvalue weighted by Crippen LogP contribution is -2.23. The number of rotatable bonds is 6. The number of aliphatic hydroxyl groups excluding tert-OH is 1. The molecule has 0 spiro atoms. The van der Waals surface area contributed by atoms with E-state index in [0.29, 0.717) is 10.0 Å². The summed E-state index contributed by atoms with van der Waals surface area (Å²) in [7, 11) is -3.62. The van der Waals surface area contributed by atoms with Crippen molar-refractivity contribution < 1.29 is 13.5 Å². The first-order valence-electron chi connectivity index (χ1n) is 6.28. The van der Waals surface area contributed by atoms with E-state index < -0.39 is 10.0 Å². The van der Waals surface area contributed by atoms with Crippen molar-refractivity contribution in [3.05, 3.63) is 44.3 Å². The first kappa shape index (κ1) is 16.6. The highest BCUT2D eigenvalue weighted by atomic mass is 79.9. The maximum absolute atomic E-state index is 12.3. The van der Waals surface area contributed by atoms with Crippen LogP contribution in [0.2, 0.25) is 0 Å². The van der Waals surface area contributed by atoms with Crippen molar-refractivity contribution in [3.8, 4) is 0 Å². The summed E-state index contributed by atoms with van der Waals surface area (Å²) in [5.41, 5.74) is 0.647. The van der Waals surface area contributed by atoms with E-state index in [0.717, 1.165) is 16.3 Å². The van der Waals surface area contributed by atoms with Crippen LogP contribution in [0.4, 0.5) is 0 Å². The van der Waals surface area contributed by atoms with Gasteiger partial charge in [-0.3, -0.25) is 0 Å². The monoisotopic (exact) mass is 390 g/mol. The molecule has 0 saturated heterocycles. The number of aromatic nitrogens is 1. The van der Waals surface area contributed by atoms with Crippen LogP contribution in [0.25, 0.3) is 0 Å². The van der Waals surface area contributed by atoms with Gasteiger partial charge >= 0.3 is 0 Å². The van der Waals surface area contributed by atoms with Gasteiger partial charge in [0.2, 0.25) is 10.0 Å². The van der Waals surface area contributed by atoms with Crippen molar-refractivity contribution in [2.45, 2.75) is 31.4 Å². The van der Waals surface area contributed by atoms with Crippen LogP contribution in [0, 0.1) is 0 Å². The molecule has 0 aliphatic heterocycles. The molecular weight excluding hydrogens is 376 g/mol. The molecule has 114 valence electrons. The maximum atomic E-state index is 12.3. The standard InChI is InChI=1S/C13H15BrN2O3S2/c1-2-10-6-15-13(20-10)7-16-21(18,19)12-4-3-9(8-17)5-11(12)14/h3-6,16-17H,2,7-8H2,1H3. The van der Waals surface area contributed by atoms with E-state index >= 15 is 0 Å². The lowest BCUT2D eigenvalue weighted by atomic mass is 10.2. The van der Waals surface area contributed by atoms with E-state index in [1.54, 1.807) is 18.3 Å². The molecular formula is C13H15BrN2O3S2. The Labute approximate surface area is 136 Å². The second-order valence-electron chi connectivity index (χ2n) is 4.32. The minimum Gasteiger partial charge on any atom is -0.392 e. The van der Waals surface area contributed by atoms with E-state index in [1.165, 1.54) is 17.4 Å². The number of nitrogens with one attached hydrogen (secondary N) is 1. The quantitative estimate of drug-likeness (QED) is 0.793. The third kappa shape index (κ3) is 4.10. The summed E-state index contributed by atoms with van der Waals surface area (Å²) in [6, 6.07) is 4.64. The first-order valence-corrected chi connectivity index (χ1v) is 9.38. The topological polar surface area (TPSA) is 79.3 Å². The predicted octanol–water partition coefficient (Wildman–Crippen LogP) is 2.44. The summed E-state index contributed by atoms with van der Waals surface area (Å²) in [6.07, 6.45) is 2.65. The van der Waals surface area contributed by atoms with Gasteiger partial charge in [0, 0.05) is 15.5 Å². The Bertz CT molecular complexity index is 729. The summed E-state index contributed by atoms with van der Waals surface area (Å²) < 4.78 is 27.5. The number of thiazole rings is 1. The van der Waals surface area contributed by atoms with Gasteiger partial charge < -0.3 is 5.11 Å². The molecule has 0 radical (unpaired) electrons. The summed E-state index contributed by atoms with van der Waals surface area (Å²) in [6.45, 7) is 2.06. The summed E-state index contributed by atoms with van der Waals surface area (Å²) in [5.74, 6) is 0. The fraction of sp³-hybridized carbons (Fsp3) is 0.308. The number of hydrogen-bond acceptors (Lipinski definition) is 5. The van der Waals surface area contributed by atoms with Gasteiger partial charge in [-0.05, 0) is 40.0 Å². The lowest BCUT2D eigenvalue weighted by Gasteiger charge is -2.08. The number of aliphatic hydroxyl groups is 1. The molecule has 1 heterocycles. The summed E-state index contributed by atoms with van der Waals surface area (Å²) >= 11 is 4.72. The fourth-order valence-electron chi connectivity index (χ4n) is 1.69. The Hall–Kier alpha value is -0.800. The Balaban J connectivity index is 2.14. The highest BCUT2D eigenvalue weighted by molar-refractivity contribution is 9.10. The van der Waals surface area contributed by atoms with Crippen LogP contribution in [0.5, 0.6) is 0 Å². The van der Waals surface area contributed by atoms with Gasteiger partial charge in [0.05, 0.1) is 18.0 Å². The van der Waals surface area contributed by atoms with Crippen LogP contribution in [0.3, 0.4) is 0 Å². The summed E-state index contributed by atoms with van der Waals surface area (Å²) in [5, 5.41) is 9.78. The van der Waals surface area contributed by atoms with E-state index in [9.17, 15) is 8.42 Å². The average molecular weight is 391 g/mol. The molecule has 21 heavy (non-hydrogen) atoms. The molecule has 0 aliphatic carbocycles. The smallest absolute Gasteiger partial charge is 0.242 e. The molecule has 0 unspecified atom stereocenters. The van der Waals surface area contributed by atoms with Crippen molar-refractivity contribution >= 4 is 37.3 Å². The first-order chi connectivity index (χ1) is 9.96. The zero-order valence-corrected chi connectivity index (χ0v) is 14.6. The molecule has 2 rings (SSSR count). The SMILES string of the molecule is CCc1cnc(CNS(=O)(=O)c2ccc(CO)cc2Br)s1. The van der Waals surface area contributed by atoms with E-state index in [-0.39, 0.29) is 18.0 Å². The van der Waals surface area contributed by atoms with Gasteiger partial charge in [-0.15, -0.1) is 11.3 Å².